The van der Waals surface area contributed by atoms with Crippen LogP contribution in [-0.2, 0) is 17.6 Å². The van der Waals surface area contributed by atoms with Crippen molar-refractivity contribution in [1.82, 2.24) is 9.80 Å². The molecular weight excluding hydrogens is 460 g/mol. The van der Waals surface area contributed by atoms with E-state index in [-0.39, 0.29) is 23.5 Å². The number of aromatic hydroxyl groups is 1. The number of ketones is 1. The van der Waals surface area contributed by atoms with Crippen molar-refractivity contribution in [3.05, 3.63) is 32.3 Å². The highest BCUT2D eigenvalue weighted by atomic mass is 32.1. The second-order valence-electron chi connectivity index (χ2n) is 8.88. The largest absolute Gasteiger partial charge is 0.499 e. The molecule has 1 fully saturated rings. The smallest absolute Gasteiger partial charge is 0.267 e. The molecule has 9 heteroatoms. The number of ether oxygens (including phenoxy) is 2. The molecule has 1 atom stereocenters. The van der Waals surface area contributed by atoms with Crippen LogP contribution in [0.15, 0.2) is 12.1 Å². The van der Waals surface area contributed by atoms with Crippen LogP contribution in [0.4, 0.5) is 0 Å². The number of carbonyl (C=O) groups excluding carboxylic acids is 2. The third-order valence-corrected chi connectivity index (χ3v) is 8.67. The molecule has 0 radical (unpaired) electrons. The van der Waals surface area contributed by atoms with Crippen molar-refractivity contribution in [2.75, 3.05) is 47.1 Å². The number of Topliss-reactive ketones (excluding diaryl/α,β-unsaturated/α-hetero) is 1. The van der Waals surface area contributed by atoms with Gasteiger partial charge in [-0.2, -0.15) is 0 Å². The Morgan fingerprint density at radius 3 is 2.76 bits per heavy atom. The molecule has 2 aromatic heterocycles. The molecule has 4 heterocycles. The number of carbonyl (C=O) groups is 2. The topological polar surface area (TPSA) is 79.3 Å². The highest BCUT2D eigenvalue weighted by Crippen LogP contribution is 2.39. The minimum absolute atomic E-state index is 0.0557. The summed E-state index contributed by atoms with van der Waals surface area (Å²) in [4.78, 5) is 32.5. The SMILES string of the molecule is COCOc1c(C(=O)N2CCC(CCCC(=O)c3ccc(O)s3)C2)sc2c1CCN(C)CC2. The third kappa shape index (κ3) is 5.77. The van der Waals surface area contributed by atoms with Crippen molar-refractivity contribution < 1.29 is 24.2 Å². The maximum atomic E-state index is 13.4. The van der Waals surface area contributed by atoms with E-state index in [4.69, 9.17) is 9.47 Å². The number of thiophene rings is 2. The monoisotopic (exact) mass is 492 g/mol. The molecule has 0 aliphatic carbocycles. The van der Waals surface area contributed by atoms with Crippen LogP contribution in [0.3, 0.4) is 0 Å². The van der Waals surface area contributed by atoms with Crippen molar-refractivity contribution in [3.8, 4) is 10.8 Å². The number of hydrogen-bond acceptors (Lipinski definition) is 8. The summed E-state index contributed by atoms with van der Waals surface area (Å²) in [7, 11) is 3.72. The van der Waals surface area contributed by atoms with Crippen LogP contribution in [0.2, 0.25) is 0 Å². The maximum Gasteiger partial charge on any atom is 0.267 e. The van der Waals surface area contributed by atoms with E-state index in [0.29, 0.717) is 27.8 Å². The predicted octanol–water partition coefficient (Wildman–Crippen LogP) is 4.04. The molecule has 1 N–H and O–H groups in total. The number of nitrogens with zero attached hydrogens (tertiary/aromatic N) is 2. The van der Waals surface area contributed by atoms with E-state index in [2.05, 4.69) is 11.9 Å². The van der Waals surface area contributed by atoms with E-state index in [0.717, 1.165) is 69.6 Å². The van der Waals surface area contributed by atoms with Gasteiger partial charge in [0.15, 0.2) is 17.6 Å². The van der Waals surface area contributed by atoms with Crippen molar-refractivity contribution in [2.45, 2.75) is 38.5 Å². The summed E-state index contributed by atoms with van der Waals surface area (Å²) in [6.07, 6.45) is 4.98. The highest BCUT2D eigenvalue weighted by Gasteiger charge is 2.32. The molecule has 1 saturated heterocycles. The lowest BCUT2D eigenvalue weighted by molar-refractivity contribution is 0.0491. The number of methoxy groups -OCH3 is 1. The Kier molecular flexibility index (Phi) is 8.06. The average Bonchev–Trinajstić information content (AvgIpc) is 3.50. The van der Waals surface area contributed by atoms with Crippen LogP contribution in [0, 0.1) is 5.92 Å². The van der Waals surface area contributed by atoms with Gasteiger partial charge in [-0.25, -0.2) is 0 Å². The Balaban J connectivity index is 1.35. The highest BCUT2D eigenvalue weighted by molar-refractivity contribution is 7.15. The first-order chi connectivity index (χ1) is 16.0. The van der Waals surface area contributed by atoms with Crippen LogP contribution in [0.1, 0.15) is 55.5 Å². The normalized spacial score (nSPS) is 18.8. The van der Waals surface area contributed by atoms with Crippen molar-refractivity contribution in [2.24, 2.45) is 5.92 Å². The molecule has 0 aromatic carbocycles. The summed E-state index contributed by atoms with van der Waals surface area (Å²) in [6.45, 7) is 3.54. The van der Waals surface area contributed by atoms with Crippen molar-refractivity contribution in [1.29, 1.82) is 0 Å². The van der Waals surface area contributed by atoms with E-state index in [1.165, 1.54) is 10.4 Å². The van der Waals surface area contributed by atoms with Crippen molar-refractivity contribution >= 4 is 34.4 Å². The molecule has 0 saturated carbocycles. The molecular formula is C24H32N2O5S2. The van der Waals surface area contributed by atoms with Crippen LogP contribution in [0.25, 0.3) is 0 Å². The van der Waals surface area contributed by atoms with Crippen LogP contribution < -0.4 is 4.74 Å². The lowest BCUT2D eigenvalue weighted by Crippen LogP contribution is -2.28. The first kappa shape index (κ1) is 24.2. The molecule has 0 bridgehead atoms. The summed E-state index contributed by atoms with van der Waals surface area (Å²) >= 11 is 2.71. The van der Waals surface area contributed by atoms with Crippen LogP contribution in [-0.4, -0.2) is 73.7 Å². The zero-order valence-electron chi connectivity index (χ0n) is 19.3. The Morgan fingerprint density at radius 1 is 1.18 bits per heavy atom. The predicted molar refractivity (Wildman–Crippen MR) is 130 cm³/mol. The molecule has 2 aromatic rings. The zero-order valence-corrected chi connectivity index (χ0v) is 20.9. The first-order valence-corrected chi connectivity index (χ1v) is 13.2. The molecule has 0 spiro atoms. The van der Waals surface area contributed by atoms with Gasteiger partial charge in [0.05, 0.1) is 4.88 Å². The number of amides is 1. The first-order valence-electron chi connectivity index (χ1n) is 11.5. The Hall–Kier alpha value is -1.94. The van der Waals surface area contributed by atoms with Gasteiger partial charge in [-0.1, -0.05) is 11.3 Å². The summed E-state index contributed by atoms with van der Waals surface area (Å²) in [5.41, 5.74) is 1.17. The second-order valence-corrected chi connectivity index (χ2v) is 11.0. The average molecular weight is 493 g/mol. The summed E-state index contributed by atoms with van der Waals surface area (Å²) in [5, 5.41) is 9.61. The fraction of sp³-hybridized carbons (Fsp3) is 0.583. The van der Waals surface area contributed by atoms with Gasteiger partial charge in [-0.15, -0.1) is 11.3 Å². The summed E-state index contributed by atoms with van der Waals surface area (Å²) in [5.74, 6) is 1.26. The minimum atomic E-state index is 0.0557. The third-order valence-electron chi connectivity index (χ3n) is 6.48. The van der Waals surface area contributed by atoms with Gasteiger partial charge >= 0.3 is 0 Å². The number of likely N-dealkylation sites (N-methyl/N-ethyl adjacent to an activating group) is 1. The molecule has 2 aliphatic rings. The zero-order chi connectivity index (χ0) is 23.4. The second kappa shape index (κ2) is 11.0. The Morgan fingerprint density at radius 2 is 2.00 bits per heavy atom. The molecule has 2 aliphatic heterocycles. The lowest BCUT2D eigenvalue weighted by Gasteiger charge is -2.18. The lowest BCUT2D eigenvalue weighted by atomic mass is 10.00. The van der Waals surface area contributed by atoms with E-state index < -0.39 is 0 Å². The van der Waals surface area contributed by atoms with Crippen LogP contribution in [0.5, 0.6) is 10.8 Å². The molecule has 7 nitrogen and oxygen atoms in total. The number of likely N-dealkylation sites (tertiary alicyclic amines) is 1. The van der Waals surface area contributed by atoms with Gasteiger partial charge < -0.3 is 24.4 Å². The van der Waals surface area contributed by atoms with E-state index in [1.54, 1.807) is 30.6 Å². The van der Waals surface area contributed by atoms with Gasteiger partial charge in [0.25, 0.3) is 5.91 Å². The van der Waals surface area contributed by atoms with Crippen LogP contribution >= 0.6 is 22.7 Å². The molecule has 1 unspecified atom stereocenters. The van der Waals surface area contributed by atoms with E-state index in [1.807, 2.05) is 4.90 Å². The number of hydrogen-bond donors (Lipinski definition) is 1. The molecule has 1 amide bonds. The summed E-state index contributed by atoms with van der Waals surface area (Å²) < 4.78 is 11.1. The van der Waals surface area contributed by atoms with E-state index in [9.17, 15) is 14.7 Å². The summed E-state index contributed by atoms with van der Waals surface area (Å²) in [6, 6.07) is 3.24. The maximum absolute atomic E-state index is 13.4. The van der Waals surface area contributed by atoms with Gasteiger partial charge in [-0.3, -0.25) is 9.59 Å². The Labute approximate surface area is 202 Å². The quantitative estimate of drug-likeness (QED) is 0.420. The van der Waals surface area contributed by atoms with Gasteiger partial charge in [0, 0.05) is 50.2 Å². The van der Waals surface area contributed by atoms with Gasteiger partial charge in [0.1, 0.15) is 10.6 Å². The standard InChI is InChI=1S/C24H32N2O5S2/c1-25-11-9-17-19(10-12-25)33-23(22(17)31-15-30-2)24(29)26-13-8-16(14-26)4-3-5-18(27)20-6-7-21(28)32-20/h6-7,16,28H,3-5,8-15H2,1-2H3. The number of rotatable bonds is 9. The fourth-order valence-corrected chi connectivity index (χ4v) is 6.58. The van der Waals surface area contributed by atoms with E-state index >= 15 is 0 Å². The molecule has 33 heavy (non-hydrogen) atoms. The van der Waals surface area contributed by atoms with Crippen molar-refractivity contribution in [3.63, 3.8) is 0 Å². The van der Waals surface area contributed by atoms with Gasteiger partial charge in [-0.05, 0) is 57.2 Å². The van der Waals surface area contributed by atoms with Gasteiger partial charge in [0.2, 0.25) is 0 Å². The number of fused-ring (bicyclic) bond motifs is 1. The fourth-order valence-electron chi connectivity index (χ4n) is 4.62. The minimum Gasteiger partial charge on any atom is -0.499 e. The molecule has 180 valence electrons. The Bertz CT molecular complexity index is 986. The molecule has 4 rings (SSSR count).